The third-order valence-electron chi connectivity index (χ3n) is 3.70. The predicted octanol–water partition coefficient (Wildman–Crippen LogP) is 3.37. The van der Waals surface area contributed by atoms with Crippen LogP contribution in [-0.4, -0.2) is 6.61 Å². The maximum atomic E-state index is 9.60. The first kappa shape index (κ1) is 13.3. The van der Waals surface area contributed by atoms with E-state index in [-0.39, 0.29) is 5.92 Å². The third kappa shape index (κ3) is 2.26. The van der Waals surface area contributed by atoms with E-state index in [0.29, 0.717) is 6.61 Å². The summed E-state index contributed by atoms with van der Waals surface area (Å²) in [5, 5.41) is 19.2. The molecule has 3 heteroatoms. The molecule has 0 bridgehead atoms. The molecule has 0 N–H and O–H groups in total. The minimum absolute atomic E-state index is 0.171. The monoisotopic (exact) mass is 252 g/mol. The summed E-state index contributed by atoms with van der Waals surface area (Å²) in [6.45, 7) is 4.35. The Labute approximate surface area is 113 Å². The van der Waals surface area contributed by atoms with Gasteiger partial charge >= 0.3 is 0 Å². The summed E-state index contributed by atoms with van der Waals surface area (Å²) >= 11 is 0. The van der Waals surface area contributed by atoms with Gasteiger partial charge in [0, 0.05) is 12.5 Å². The molecular formula is C16H16N2O. The maximum Gasteiger partial charge on any atom is 0.179 e. The van der Waals surface area contributed by atoms with E-state index in [0.717, 1.165) is 18.4 Å². The molecule has 0 saturated carbocycles. The van der Waals surface area contributed by atoms with Crippen molar-refractivity contribution in [2.24, 2.45) is 11.3 Å². The molecule has 0 aliphatic carbocycles. The normalized spacial score (nSPS) is 25.6. The van der Waals surface area contributed by atoms with Crippen LogP contribution in [0.4, 0.5) is 0 Å². The fraction of sp³-hybridized carbons (Fsp3) is 0.375. The molecule has 1 aromatic rings. The molecule has 1 fully saturated rings. The molecule has 1 aliphatic heterocycles. The van der Waals surface area contributed by atoms with Gasteiger partial charge in [-0.05, 0) is 18.4 Å². The fourth-order valence-corrected chi connectivity index (χ4v) is 2.66. The van der Waals surface area contributed by atoms with Gasteiger partial charge in [-0.3, -0.25) is 0 Å². The highest BCUT2D eigenvalue weighted by Crippen LogP contribution is 2.46. The lowest BCUT2D eigenvalue weighted by Gasteiger charge is -2.31. The number of allylic oxidation sites excluding steroid dienone is 1. The second kappa shape index (κ2) is 5.69. The van der Waals surface area contributed by atoms with Crippen molar-refractivity contribution in [3.05, 3.63) is 48.6 Å². The van der Waals surface area contributed by atoms with Crippen LogP contribution in [0.3, 0.4) is 0 Å². The van der Waals surface area contributed by atoms with Crippen LogP contribution < -0.4 is 0 Å². The SMILES string of the molecule is C=C[C@H]1CCCO[C@@H](c2ccccc2)C1(C#N)C#N. The second-order valence-corrected chi connectivity index (χ2v) is 4.74. The molecule has 19 heavy (non-hydrogen) atoms. The number of rotatable bonds is 2. The van der Waals surface area contributed by atoms with Crippen molar-refractivity contribution in [2.75, 3.05) is 6.61 Å². The van der Waals surface area contributed by atoms with Crippen LogP contribution in [0.5, 0.6) is 0 Å². The second-order valence-electron chi connectivity index (χ2n) is 4.74. The first-order chi connectivity index (χ1) is 9.28. The van der Waals surface area contributed by atoms with Gasteiger partial charge in [-0.1, -0.05) is 36.4 Å². The minimum Gasteiger partial charge on any atom is -0.371 e. The molecule has 96 valence electrons. The van der Waals surface area contributed by atoms with E-state index in [1.165, 1.54) is 0 Å². The van der Waals surface area contributed by atoms with E-state index in [1.54, 1.807) is 6.08 Å². The van der Waals surface area contributed by atoms with Gasteiger partial charge in [0.15, 0.2) is 5.41 Å². The van der Waals surface area contributed by atoms with Gasteiger partial charge in [-0.15, -0.1) is 6.58 Å². The lowest BCUT2D eigenvalue weighted by Crippen LogP contribution is -2.33. The van der Waals surface area contributed by atoms with E-state index in [2.05, 4.69) is 18.7 Å². The van der Waals surface area contributed by atoms with E-state index >= 15 is 0 Å². The zero-order valence-electron chi connectivity index (χ0n) is 10.7. The molecule has 0 spiro atoms. The molecule has 1 heterocycles. The van der Waals surface area contributed by atoms with Crippen molar-refractivity contribution in [3.63, 3.8) is 0 Å². The summed E-state index contributed by atoms with van der Waals surface area (Å²) in [4.78, 5) is 0. The fourth-order valence-electron chi connectivity index (χ4n) is 2.66. The highest BCUT2D eigenvalue weighted by atomic mass is 16.5. The van der Waals surface area contributed by atoms with Crippen LogP contribution in [0.15, 0.2) is 43.0 Å². The maximum absolute atomic E-state index is 9.60. The summed E-state index contributed by atoms with van der Waals surface area (Å²) in [6.07, 6.45) is 2.80. The Morgan fingerprint density at radius 1 is 1.26 bits per heavy atom. The van der Waals surface area contributed by atoms with E-state index in [9.17, 15) is 10.5 Å². The Morgan fingerprint density at radius 3 is 2.53 bits per heavy atom. The van der Waals surface area contributed by atoms with Gasteiger partial charge < -0.3 is 4.74 Å². The molecule has 2 rings (SSSR count). The van der Waals surface area contributed by atoms with Crippen molar-refractivity contribution in [3.8, 4) is 12.1 Å². The first-order valence-electron chi connectivity index (χ1n) is 6.40. The molecule has 0 radical (unpaired) electrons. The molecule has 1 aromatic carbocycles. The van der Waals surface area contributed by atoms with Crippen molar-refractivity contribution >= 4 is 0 Å². The van der Waals surface area contributed by atoms with Crippen LogP contribution in [0.25, 0.3) is 0 Å². The molecule has 1 aliphatic rings. The molecule has 0 amide bonds. The Kier molecular flexibility index (Phi) is 4.00. The van der Waals surface area contributed by atoms with Crippen molar-refractivity contribution in [1.82, 2.24) is 0 Å². The predicted molar refractivity (Wildman–Crippen MR) is 71.7 cm³/mol. The summed E-state index contributed by atoms with van der Waals surface area (Å²) in [6, 6.07) is 13.9. The van der Waals surface area contributed by atoms with Crippen LogP contribution >= 0.6 is 0 Å². The zero-order valence-corrected chi connectivity index (χ0v) is 10.7. The van der Waals surface area contributed by atoms with Crippen LogP contribution in [0.2, 0.25) is 0 Å². The third-order valence-corrected chi connectivity index (χ3v) is 3.70. The average Bonchev–Trinajstić information content (AvgIpc) is 2.67. The number of ether oxygens (including phenoxy) is 1. The topological polar surface area (TPSA) is 56.8 Å². The quantitative estimate of drug-likeness (QED) is 0.758. The first-order valence-corrected chi connectivity index (χ1v) is 6.40. The van der Waals surface area contributed by atoms with Gasteiger partial charge in [0.05, 0.1) is 12.1 Å². The number of hydrogen-bond donors (Lipinski definition) is 0. The largest absolute Gasteiger partial charge is 0.371 e. The molecular weight excluding hydrogens is 236 g/mol. The van der Waals surface area contributed by atoms with Gasteiger partial charge in [-0.25, -0.2) is 0 Å². The van der Waals surface area contributed by atoms with Crippen molar-refractivity contribution in [1.29, 1.82) is 10.5 Å². The van der Waals surface area contributed by atoms with Gasteiger partial charge in [0.2, 0.25) is 0 Å². The zero-order chi connectivity index (χ0) is 13.7. The van der Waals surface area contributed by atoms with Crippen LogP contribution in [0, 0.1) is 34.0 Å². The summed E-state index contributed by atoms with van der Waals surface area (Å²) < 4.78 is 5.83. The standard InChI is InChI=1S/C16H16N2O/c1-2-14-9-6-10-19-15(16(14,11-17)12-18)13-7-4-3-5-8-13/h2-5,7-8,14-15H,1,6,9-10H2/t14-,15-/m0/s1. The van der Waals surface area contributed by atoms with Gasteiger partial charge in [-0.2, -0.15) is 10.5 Å². The van der Waals surface area contributed by atoms with Crippen molar-refractivity contribution < 1.29 is 4.74 Å². The number of nitriles is 2. The highest BCUT2D eigenvalue weighted by molar-refractivity contribution is 5.31. The average molecular weight is 252 g/mol. The molecule has 3 nitrogen and oxygen atoms in total. The Bertz CT molecular complexity index is 510. The van der Waals surface area contributed by atoms with Gasteiger partial charge in [0.1, 0.15) is 6.10 Å². The molecule has 0 aromatic heterocycles. The van der Waals surface area contributed by atoms with Crippen LogP contribution in [-0.2, 0) is 4.74 Å². The molecule has 2 atom stereocenters. The smallest absolute Gasteiger partial charge is 0.179 e. The highest BCUT2D eigenvalue weighted by Gasteiger charge is 2.48. The Morgan fingerprint density at radius 2 is 1.95 bits per heavy atom. The number of hydrogen-bond acceptors (Lipinski definition) is 3. The lowest BCUT2D eigenvalue weighted by molar-refractivity contribution is 0.00883. The summed E-state index contributed by atoms with van der Waals surface area (Å²) in [5.74, 6) is -0.171. The molecule has 0 unspecified atom stereocenters. The minimum atomic E-state index is -1.19. The number of nitrogens with zero attached hydrogens (tertiary/aromatic N) is 2. The van der Waals surface area contributed by atoms with E-state index < -0.39 is 11.5 Å². The van der Waals surface area contributed by atoms with Gasteiger partial charge in [0.25, 0.3) is 0 Å². The summed E-state index contributed by atoms with van der Waals surface area (Å²) in [7, 11) is 0. The van der Waals surface area contributed by atoms with Crippen LogP contribution in [0.1, 0.15) is 24.5 Å². The van der Waals surface area contributed by atoms with E-state index in [1.807, 2.05) is 30.3 Å². The lowest BCUT2D eigenvalue weighted by atomic mass is 9.70. The van der Waals surface area contributed by atoms with Crippen molar-refractivity contribution in [2.45, 2.75) is 18.9 Å². The van der Waals surface area contributed by atoms with E-state index in [4.69, 9.17) is 4.74 Å². The number of benzene rings is 1. The Balaban J connectivity index is 2.52. The summed E-state index contributed by atoms with van der Waals surface area (Å²) in [5.41, 5.74) is -0.320. The Hall–Kier alpha value is -2.10. The molecule has 1 saturated heterocycles.